The van der Waals surface area contributed by atoms with E-state index in [1.54, 1.807) is 6.07 Å². The Balaban J connectivity index is 1.91. The van der Waals surface area contributed by atoms with E-state index in [9.17, 15) is 10.1 Å². The zero-order valence-electron chi connectivity index (χ0n) is 10.2. The fourth-order valence-corrected chi connectivity index (χ4v) is 3.26. The van der Waals surface area contributed by atoms with Crippen LogP contribution in [0.2, 0.25) is 0 Å². The van der Waals surface area contributed by atoms with E-state index in [-0.39, 0.29) is 9.92 Å². The highest BCUT2D eigenvalue weighted by atomic mass is 32.1. The maximum absolute atomic E-state index is 10.6. The van der Waals surface area contributed by atoms with Gasteiger partial charge in [-0.3, -0.25) is 10.1 Å². The summed E-state index contributed by atoms with van der Waals surface area (Å²) < 4.78 is 0. The Bertz CT molecular complexity index is 414. The third kappa shape index (κ3) is 2.84. The van der Waals surface area contributed by atoms with Crippen molar-refractivity contribution in [3.63, 3.8) is 0 Å². The van der Waals surface area contributed by atoms with Crippen molar-refractivity contribution >= 4 is 16.3 Å². The first-order valence-electron chi connectivity index (χ1n) is 5.95. The van der Waals surface area contributed by atoms with E-state index in [0.717, 1.165) is 11.4 Å². The molecular formula is C12H18N2O2S. The van der Waals surface area contributed by atoms with Crippen LogP contribution in [0, 0.1) is 15.5 Å². The van der Waals surface area contributed by atoms with Gasteiger partial charge in [0.25, 0.3) is 0 Å². The van der Waals surface area contributed by atoms with Crippen molar-refractivity contribution in [2.45, 2.75) is 45.7 Å². The first-order valence-corrected chi connectivity index (χ1v) is 6.77. The summed E-state index contributed by atoms with van der Waals surface area (Å²) in [6.07, 6.45) is 3.74. The average Bonchev–Trinajstić information content (AvgIpc) is 2.81. The fourth-order valence-electron chi connectivity index (χ4n) is 2.49. The topological polar surface area (TPSA) is 55.2 Å². The highest BCUT2D eigenvalue weighted by molar-refractivity contribution is 7.15. The van der Waals surface area contributed by atoms with Crippen molar-refractivity contribution in [1.29, 1.82) is 0 Å². The Labute approximate surface area is 105 Å². The maximum atomic E-state index is 10.6. The van der Waals surface area contributed by atoms with Crippen LogP contribution in [0.4, 0.5) is 5.00 Å². The summed E-state index contributed by atoms with van der Waals surface area (Å²) in [6, 6.07) is 3.96. The van der Waals surface area contributed by atoms with Crippen LogP contribution in [-0.4, -0.2) is 11.0 Å². The molecule has 0 bridgehead atoms. The van der Waals surface area contributed by atoms with Crippen molar-refractivity contribution in [3.05, 3.63) is 27.1 Å². The van der Waals surface area contributed by atoms with Gasteiger partial charge < -0.3 is 5.32 Å². The monoisotopic (exact) mass is 254 g/mol. The van der Waals surface area contributed by atoms with Gasteiger partial charge in [0.15, 0.2) is 0 Å². The quantitative estimate of drug-likeness (QED) is 0.662. The summed E-state index contributed by atoms with van der Waals surface area (Å²) in [6.45, 7) is 5.32. The van der Waals surface area contributed by atoms with E-state index in [2.05, 4.69) is 19.2 Å². The second kappa shape index (κ2) is 4.74. The van der Waals surface area contributed by atoms with Gasteiger partial charge in [-0.1, -0.05) is 31.6 Å². The van der Waals surface area contributed by atoms with E-state index in [1.807, 2.05) is 6.07 Å². The molecule has 94 valence electrons. The Morgan fingerprint density at radius 3 is 2.88 bits per heavy atom. The predicted molar refractivity (Wildman–Crippen MR) is 69.2 cm³/mol. The number of hydrogen-bond acceptors (Lipinski definition) is 4. The molecule has 4 nitrogen and oxygen atoms in total. The molecule has 17 heavy (non-hydrogen) atoms. The summed E-state index contributed by atoms with van der Waals surface area (Å²) in [7, 11) is 0. The molecule has 1 heterocycles. The molecule has 2 rings (SSSR count). The lowest BCUT2D eigenvalue weighted by molar-refractivity contribution is -0.380. The molecule has 1 saturated carbocycles. The van der Waals surface area contributed by atoms with Crippen molar-refractivity contribution in [2.75, 3.05) is 0 Å². The molecular weight excluding hydrogens is 236 g/mol. The van der Waals surface area contributed by atoms with Crippen LogP contribution in [0.1, 0.15) is 38.0 Å². The summed E-state index contributed by atoms with van der Waals surface area (Å²) in [5, 5.41) is 14.3. The first kappa shape index (κ1) is 12.5. The summed E-state index contributed by atoms with van der Waals surface area (Å²) >= 11 is 1.26. The van der Waals surface area contributed by atoms with Gasteiger partial charge in [0, 0.05) is 23.5 Å². The number of nitrogens with zero attached hydrogens (tertiary/aromatic N) is 1. The van der Waals surface area contributed by atoms with Crippen LogP contribution >= 0.6 is 11.3 Å². The smallest absolute Gasteiger partial charge is 0.309 e. The maximum Gasteiger partial charge on any atom is 0.324 e. The molecule has 1 fully saturated rings. The van der Waals surface area contributed by atoms with Crippen molar-refractivity contribution in [1.82, 2.24) is 5.32 Å². The molecule has 1 N–H and O–H groups in total. The first-order chi connectivity index (χ1) is 7.99. The Morgan fingerprint density at radius 1 is 1.59 bits per heavy atom. The van der Waals surface area contributed by atoms with E-state index in [0.29, 0.717) is 11.5 Å². The Morgan fingerprint density at radius 2 is 2.35 bits per heavy atom. The zero-order valence-corrected chi connectivity index (χ0v) is 11.0. The molecule has 0 aromatic carbocycles. The fraction of sp³-hybridized carbons (Fsp3) is 0.667. The van der Waals surface area contributed by atoms with Crippen LogP contribution in [0.25, 0.3) is 0 Å². The second-order valence-corrected chi connectivity index (χ2v) is 6.46. The molecule has 0 aliphatic heterocycles. The zero-order chi connectivity index (χ0) is 12.5. The van der Waals surface area contributed by atoms with Gasteiger partial charge >= 0.3 is 5.00 Å². The minimum absolute atomic E-state index is 0.229. The average molecular weight is 254 g/mol. The van der Waals surface area contributed by atoms with E-state index in [4.69, 9.17) is 0 Å². The van der Waals surface area contributed by atoms with Gasteiger partial charge in [0.05, 0.1) is 4.92 Å². The largest absolute Gasteiger partial charge is 0.324 e. The molecule has 1 aromatic rings. The number of rotatable bonds is 4. The van der Waals surface area contributed by atoms with Gasteiger partial charge in [-0.15, -0.1) is 0 Å². The molecule has 1 aliphatic rings. The molecule has 1 atom stereocenters. The minimum atomic E-state index is -0.326. The molecule has 0 spiro atoms. The van der Waals surface area contributed by atoms with E-state index < -0.39 is 0 Å². The third-order valence-corrected chi connectivity index (χ3v) is 4.64. The van der Waals surface area contributed by atoms with Gasteiger partial charge in [-0.2, -0.15) is 0 Å². The van der Waals surface area contributed by atoms with Crippen LogP contribution in [0.3, 0.4) is 0 Å². The molecule has 1 unspecified atom stereocenters. The van der Waals surface area contributed by atoms with Gasteiger partial charge in [-0.25, -0.2) is 0 Å². The molecule has 0 radical (unpaired) electrons. The van der Waals surface area contributed by atoms with E-state index >= 15 is 0 Å². The number of nitro groups is 1. The minimum Gasteiger partial charge on any atom is -0.309 e. The van der Waals surface area contributed by atoms with Crippen molar-refractivity contribution in [2.24, 2.45) is 5.41 Å². The SMILES string of the molecule is CC1(C)CCCC1NCc1ccc([N+](=O)[O-])s1. The molecule has 1 aromatic heterocycles. The van der Waals surface area contributed by atoms with E-state index in [1.165, 1.54) is 30.6 Å². The number of nitrogens with one attached hydrogen (secondary N) is 1. The number of hydrogen-bond donors (Lipinski definition) is 1. The molecule has 0 saturated heterocycles. The summed E-state index contributed by atoms with van der Waals surface area (Å²) in [4.78, 5) is 11.3. The number of thiophene rings is 1. The van der Waals surface area contributed by atoms with Gasteiger partial charge in [0.2, 0.25) is 0 Å². The highest BCUT2D eigenvalue weighted by Gasteiger charge is 2.33. The van der Waals surface area contributed by atoms with Crippen LogP contribution in [-0.2, 0) is 6.54 Å². The lowest BCUT2D eigenvalue weighted by Gasteiger charge is -2.27. The Kier molecular flexibility index (Phi) is 3.49. The lowest BCUT2D eigenvalue weighted by Crippen LogP contribution is -2.36. The van der Waals surface area contributed by atoms with Gasteiger partial charge in [0.1, 0.15) is 0 Å². The summed E-state index contributed by atoms with van der Waals surface area (Å²) in [5.74, 6) is 0. The standard InChI is InChI=1S/C12H18N2O2S/c1-12(2)7-3-4-10(12)13-8-9-5-6-11(17-9)14(15)16/h5-6,10,13H,3-4,7-8H2,1-2H3. The molecule has 5 heteroatoms. The highest BCUT2D eigenvalue weighted by Crippen LogP contribution is 2.37. The third-order valence-electron chi connectivity index (χ3n) is 3.61. The van der Waals surface area contributed by atoms with Gasteiger partial charge in [-0.05, 0) is 24.3 Å². The second-order valence-electron chi connectivity index (χ2n) is 5.31. The van der Waals surface area contributed by atoms with Crippen molar-refractivity contribution in [3.8, 4) is 0 Å². The van der Waals surface area contributed by atoms with Crippen LogP contribution in [0.15, 0.2) is 12.1 Å². The predicted octanol–water partition coefficient (Wildman–Crippen LogP) is 3.32. The van der Waals surface area contributed by atoms with Crippen LogP contribution < -0.4 is 5.32 Å². The lowest BCUT2D eigenvalue weighted by atomic mass is 9.87. The normalized spacial score (nSPS) is 22.8. The van der Waals surface area contributed by atoms with Crippen LogP contribution in [0.5, 0.6) is 0 Å². The molecule has 0 amide bonds. The summed E-state index contributed by atoms with van der Waals surface area (Å²) in [5.41, 5.74) is 0.350. The van der Waals surface area contributed by atoms with Crippen molar-refractivity contribution < 1.29 is 4.92 Å². The Hall–Kier alpha value is -0.940. The molecule has 1 aliphatic carbocycles.